The van der Waals surface area contributed by atoms with Crippen molar-refractivity contribution in [2.75, 3.05) is 51.2 Å². The first kappa shape index (κ1) is 21.5. The molecule has 0 fully saturated rings. The second kappa shape index (κ2) is 9.07. The van der Waals surface area contributed by atoms with Crippen molar-refractivity contribution in [3.05, 3.63) is 47.8 Å². The van der Waals surface area contributed by atoms with Crippen LogP contribution in [0.5, 0.6) is 11.6 Å². The van der Waals surface area contributed by atoms with Crippen molar-refractivity contribution in [3.63, 3.8) is 0 Å². The first-order valence-corrected chi connectivity index (χ1v) is 9.97. The number of nitrogens with zero attached hydrogens (tertiary/aromatic N) is 5. The second-order valence-electron chi connectivity index (χ2n) is 7.43. The summed E-state index contributed by atoms with van der Waals surface area (Å²) in [5.41, 5.74) is 6.20. The largest absolute Gasteiger partial charge is 0.497 e. The van der Waals surface area contributed by atoms with Gasteiger partial charge >= 0.3 is 0 Å². The van der Waals surface area contributed by atoms with Gasteiger partial charge in [-0.1, -0.05) is 0 Å². The summed E-state index contributed by atoms with van der Waals surface area (Å²) in [7, 11) is 9.47. The normalized spacial score (nSPS) is 10.8. The average molecular weight is 410 g/mol. The summed E-state index contributed by atoms with van der Waals surface area (Å²) in [4.78, 5) is 9.24. The van der Waals surface area contributed by atoms with Gasteiger partial charge in [0.25, 0.3) is 0 Å². The summed E-state index contributed by atoms with van der Waals surface area (Å²) >= 11 is 0. The van der Waals surface area contributed by atoms with Crippen LogP contribution in [0.3, 0.4) is 0 Å². The van der Waals surface area contributed by atoms with Crippen LogP contribution in [-0.4, -0.2) is 56.2 Å². The number of methoxy groups -OCH3 is 2. The minimum absolute atomic E-state index is 0.597. The maximum Gasteiger partial charge on any atom is 0.213 e. The molecule has 0 aliphatic rings. The lowest BCUT2D eigenvalue weighted by atomic mass is 10.1. The van der Waals surface area contributed by atoms with E-state index in [0.717, 1.165) is 52.9 Å². The van der Waals surface area contributed by atoms with E-state index < -0.39 is 0 Å². The van der Waals surface area contributed by atoms with Crippen molar-refractivity contribution < 1.29 is 9.47 Å². The Morgan fingerprint density at radius 3 is 2.13 bits per heavy atom. The molecule has 0 radical (unpaired) electrons. The molecular weight excluding hydrogens is 378 g/mol. The molecule has 7 nitrogen and oxygen atoms in total. The highest BCUT2D eigenvalue weighted by molar-refractivity contribution is 5.78. The van der Waals surface area contributed by atoms with E-state index in [-0.39, 0.29) is 0 Å². The molecule has 1 aromatic carbocycles. The third-order valence-corrected chi connectivity index (χ3v) is 5.50. The van der Waals surface area contributed by atoms with Gasteiger partial charge in [0.2, 0.25) is 5.88 Å². The number of rotatable bonds is 8. The number of hydrogen-bond acceptors (Lipinski definition) is 6. The van der Waals surface area contributed by atoms with Crippen LogP contribution < -0.4 is 19.3 Å². The Hall–Kier alpha value is -3.22. The van der Waals surface area contributed by atoms with Crippen molar-refractivity contribution in [2.24, 2.45) is 7.05 Å². The van der Waals surface area contributed by atoms with E-state index in [0.29, 0.717) is 5.88 Å². The van der Waals surface area contributed by atoms with E-state index in [4.69, 9.17) is 14.5 Å². The van der Waals surface area contributed by atoms with Crippen LogP contribution >= 0.6 is 0 Å². The van der Waals surface area contributed by atoms with Crippen molar-refractivity contribution in [1.29, 1.82) is 0 Å². The number of aromatic nitrogens is 3. The van der Waals surface area contributed by atoms with Gasteiger partial charge in [-0.05, 0) is 44.2 Å². The maximum absolute atomic E-state index is 5.40. The van der Waals surface area contributed by atoms with Gasteiger partial charge in [0, 0.05) is 57.2 Å². The summed E-state index contributed by atoms with van der Waals surface area (Å²) < 4.78 is 12.5. The highest BCUT2D eigenvalue weighted by Gasteiger charge is 2.20. The second-order valence-corrected chi connectivity index (χ2v) is 7.43. The first-order chi connectivity index (χ1) is 14.3. The molecule has 0 aliphatic heterocycles. The van der Waals surface area contributed by atoms with Crippen LogP contribution in [0, 0.1) is 13.8 Å². The van der Waals surface area contributed by atoms with Crippen LogP contribution in [0.25, 0.3) is 11.3 Å². The van der Waals surface area contributed by atoms with Crippen molar-refractivity contribution >= 4 is 11.4 Å². The Balaban J connectivity index is 1.83. The molecule has 7 heteroatoms. The van der Waals surface area contributed by atoms with Crippen LogP contribution in [0.4, 0.5) is 11.4 Å². The molecule has 0 atom stereocenters. The van der Waals surface area contributed by atoms with Crippen molar-refractivity contribution in [2.45, 2.75) is 13.8 Å². The number of likely N-dealkylation sites (N-methyl/N-ethyl adjacent to an activating group) is 2. The Morgan fingerprint density at radius 2 is 1.57 bits per heavy atom. The molecule has 3 rings (SSSR count). The Kier molecular flexibility index (Phi) is 6.50. The van der Waals surface area contributed by atoms with E-state index in [2.05, 4.69) is 54.1 Å². The Labute approximate surface area is 178 Å². The summed E-state index contributed by atoms with van der Waals surface area (Å²) in [5, 5.41) is 4.57. The summed E-state index contributed by atoms with van der Waals surface area (Å²) in [5.74, 6) is 1.46. The predicted octanol–water partition coefficient (Wildman–Crippen LogP) is 3.69. The van der Waals surface area contributed by atoms with Gasteiger partial charge in [-0.15, -0.1) is 0 Å². The molecule has 0 saturated carbocycles. The molecule has 2 aromatic heterocycles. The maximum atomic E-state index is 5.40. The highest BCUT2D eigenvalue weighted by Crippen LogP contribution is 2.34. The average Bonchev–Trinajstić information content (AvgIpc) is 3.02. The molecule has 2 heterocycles. The van der Waals surface area contributed by atoms with Crippen LogP contribution in [0.1, 0.15) is 11.4 Å². The summed E-state index contributed by atoms with van der Waals surface area (Å²) in [6, 6.07) is 12.1. The monoisotopic (exact) mass is 409 g/mol. The fraction of sp³-hybridized carbons (Fsp3) is 0.391. The standard InChI is InChI=1S/C23H31N5O2/c1-16-22(17(2)28(5)25-16)23-20(12-13-21(24-23)30-7)27(4)15-14-26(3)18-8-10-19(29-6)11-9-18/h8-13H,14-15H2,1-7H3. The third-order valence-electron chi connectivity index (χ3n) is 5.50. The quantitative estimate of drug-likeness (QED) is 0.566. The lowest BCUT2D eigenvalue weighted by molar-refractivity contribution is 0.398. The van der Waals surface area contributed by atoms with Gasteiger partial charge < -0.3 is 19.3 Å². The summed E-state index contributed by atoms with van der Waals surface area (Å²) in [6.07, 6.45) is 0. The number of hydrogen-bond donors (Lipinski definition) is 0. The number of aryl methyl sites for hydroxylation is 2. The highest BCUT2D eigenvalue weighted by atomic mass is 16.5. The zero-order valence-electron chi connectivity index (χ0n) is 18.9. The Bertz CT molecular complexity index is 998. The van der Waals surface area contributed by atoms with E-state index in [1.165, 1.54) is 0 Å². The molecule has 0 saturated heterocycles. The molecule has 0 bridgehead atoms. The third kappa shape index (κ3) is 4.35. The fourth-order valence-electron chi connectivity index (χ4n) is 3.54. The molecule has 0 unspecified atom stereocenters. The lowest BCUT2D eigenvalue weighted by Crippen LogP contribution is -2.31. The van der Waals surface area contributed by atoms with Gasteiger partial charge in [0.1, 0.15) is 11.4 Å². The van der Waals surface area contributed by atoms with E-state index >= 15 is 0 Å². The molecule has 0 amide bonds. The number of anilines is 2. The first-order valence-electron chi connectivity index (χ1n) is 9.97. The molecular formula is C23H31N5O2. The zero-order chi connectivity index (χ0) is 21.8. The van der Waals surface area contributed by atoms with Crippen LogP contribution in [0.15, 0.2) is 36.4 Å². The van der Waals surface area contributed by atoms with Crippen LogP contribution in [-0.2, 0) is 7.05 Å². The smallest absolute Gasteiger partial charge is 0.213 e. The minimum atomic E-state index is 0.597. The van der Waals surface area contributed by atoms with E-state index in [1.54, 1.807) is 14.2 Å². The van der Waals surface area contributed by atoms with Gasteiger partial charge in [0.05, 0.1) is 25.6 Å². The Morgan fingerprint density at radius 1 is 0.900 bits per heavy atom. The van der Waals surface area contributed by atoms with Crippen molar-refractivity contribution in [3.8, 4) is 22.9 Å². The fourth-order valence-corrected chi connectivity index (χ4v) is 3.54. The number of pyridine rings is 1. The van der Waals surface area contributed by atoms with Crippen molar-refractivity contribution in [1.82, 2.24) is 14.8 Å². The van der Waals surface area contributed by atoms with E-state index in [9.17, 15) is 0 Å². The lowest BCUT2D eigenvalue weighted by Gasteiger charge is -2.26. The molecule has 3 aromatic rings. The molecule has 0 spiro atoms. The number of ether oxygens (including phenoxy) is 2. The van der Waals surface area contributed by atoms with Gasteiger partial charge in [-0.2, -0.15) is 5.10 Å². The van der Waals surface area contributed by atoms with Gasteiger partial charge in [-0.3, -0.25) is 4.68 Å². The topological polar surface area (TPSA) is 55.6 Å². The molecule has 0 aliphatic carbocycles. The van der Waals surface area contributed by atoms with Gasteiger partial charge in [0.15, 0.2) is 0 Å². The predicted molar refractivity (Wildman–Crippen MR) is 122 cm³/mol. The van der Waals surface area contributed by atoms with Gasteiger partial charge in [-0.25, -0.2) is 4.98 Å². The van der Waals surface area contributed by atoms with E-state index in [1.807, 2.05) is 36.9 Å². The SMILES string of the molecule is COc1ccc(N(C)CCN(C)c2ccc(OC)nc2-c2c(C)nn(C)c2C)cc1. The summed E-state index contributed by atoms with van der Waals surface area (Å²) in [6.45, 7) is 5.78. The number of benzene rings is 1. The minimum Gasteiger partial charge on any atom is -0.497 e. The molecule has 0 N–H and O–H groups in total. The zero-order valence-corrected chi connectivity index (χ0v) is 18.9. The molecule has 30 heavy (non-hydrogen) atoms. The van der Waals surface area contributed by atoms with Crippen LogP contribution in [0.2, 0.25) is 0 Å². The molecule has 160 valence electrons.